The second kappa shape index (κ2) is 31.7. The number of fused-ring (bicyclic) bond motifs is 1. The monoisotopic (exact) mass is 1300 g/mol. The minimum Gasteiger partial charge on any atom is -0.487 e. The number of hydrogen-bond acceptors (Lipinski definition) is 8. The summed E-state index contributed by atoms with van der Waals surface area (Å²) in [5.41, 5.74) is 9.82. The molecule has 0 aliphatic carbocycles. The number of rotatable bonds is 0. The Labute approximate surface area is 383 Å². The molecule has 56 heavy (non-hydrogen) atoms. The highest BCUT2D eigenvalue weighted by Gasteiger charge is 2.23. The maximum Gasteiger partial charge on any atom is 0.176 e. The molecule has 0 amide bonds. The predicted molar refractivity (Wildman–Crippen MR) is 236 cm³/mol. The number of hydrogen-bond donors (Lipinski definition) is 4. The summed E-state index contributed by atoms with van der Waals surface area (Å²) >= 11 is 13.5. The van der Waals surface area contributed by atoms with Gasteiger partial charge in [0.2, 0.25) is 0 Å². The standard InChI is InChI=1S/C16H24O6.2C6F4I2.2C2H6N2S/c1-2-4-16-15(3-1)21-13-11-19-9-7-17-5-6-18-8-10-20-12-14-22-16;2*7-1-2(8)6(12)4(10)3(9)5(1)11;2*1-4-2(3)5/h1-4H,5-14H2;;;2*1H3,(H3,3,4,5). The largest absolute Gasteiger partial charge is 0.487 e. The minimum atomic E-state index is -1.35. The molecule has 0 saturated heterocycles. The third-order valence-electron chi connectivity index (χ3n) is 5.74. The lowest BCUT2D eigenvalue weighted by Crippen LogP contribution is -2.24. The molecular weight excluding hydrogens is 1260 g/mol. The van der Waals surface area contributed by atoms with Gasteiger partial charge in [0.15, 0.2) is 68.3 Å². The van der Waals surface area contributed by atoms with Crippen LogP contribution in [0.1, 0.15) is 0 Å². The zero-order valence-corrected chi connectivity index (χ0v) is 39.6. The number of halogens is 12. The summed E-state index contributed by atoms with van der Waals surface area (Å²) < 4.78 is 131. The Morgan fingerprint density at radius 1 is 0.464 bits per heavy atom. The molecule has 3 aromatic rings. The van der Waals surface area contributed by atoms with Gasteiger partial charge in [-0.15, -0.1) is 0 Å². The van der Waals surface area contributed by atoms with E-state index in [2.05, 4.69) is 35.1 Å². The number of nitrogens with one attached hydrogen (secondary N) is 2. The van der Waals surface area contributed by atoms with Crippen LogP contribution in [0.4, 0.5) is 35.1 Å². The van der Waals surface area contributed by atoms with Crippen LogP contribution >= 0.6 is 115 Å². The van der Waals surface area contributed by atoms with Gasteiger partial charge in [0.1, 0.15) is 13.2 Å². The molecule has 1 aliphatic heterocycles. The number of benzene rings is 3. The van der Waals surface area contributed by atoms with Gasteiger partial charge < -0.3 is 50.5 Å². The molecule has 0 aromatic heterocycles. The fourth-order valence-electron chi connectivity index (χ4n) is 3.03. The van der Waals surface area contributed by atoms with Crippen molar-refractivity contribution >= 4 is 125 Å². The van der Waals surface area contributed by atoms with Gasteiger partial charge in [-0.1, -0.05) is 12.1 Å². The molecule has 0 bridgehead atoms. The fourth-order valence-corrected chi connectivity index (χ4v) is 4.92. The third-order valence-corrected chi connectivity index (χ3v) is 9.94. The van der Waals surface area contributed by atoms with Gasteiger partial charge in [-0.05, 0) is 127 Å². The van der Waals surface area contributed by atoms with Crippen LogP contribution in [0.25, 0.3) is 0 Å². The van der Waals surface area contributed by atoms with Gasteiger partial charge in [0, 0.05) is 14.1 Å². The Morgan fingerprint density at radius 2 is 0.643 bits per heavy atom. The Bertz CT molecular complexity index is 1350. The van der Waals surface area contributed by atoms with Crippen molar-refractivity contribution in [2.24, 2.45) is 11.5 Å². The van der Waals surface area contributed by atoms with E-state index in [1.807, 2.05) is 24.3 Å². The summed E-state index contributed by atoms with van der Waals surface area (Å²) in [7, 11) is 3.37. The molecule has 0 saturated carbocycles. The van der Waals surface area contributed by atoms with Crippen molar-refractivity contribution in [2.45, 2.75) is 0 Å². The van der Waals surface area contributed by atoms with Crippen molar-refractivity contribution in [3.05, 3.63) is 85.1 Å². The van der Waals surface area contributed by atoms with E-state index in [0.29, 0.717) is 87.8 Å². The zero-order chi connectivity index (χ0) is 42.8. The van der Waals surface area contributed by atoms with Crippen LogP contribution in [0.5, 0.6) is 11.5 Å². The first kappa shape index (κ1) is 54.8. The number of nitrogens with two attached hydrogens (primary N) is 2. The van der Waals surface area contributed by atoms with E-state index in [0.717, 1.165) is 0 Å². The van der Waals surface area contributed by atoms with Gasteiger partial charge in [0.25, 0.3) is 0 Å². The first-order chi connectivity index (χ1) is 26.4. The molecular formula is C32H36F8I4N4O6S2. The second-order valence-corrected chi connectivity index (χ2v) is 14.8. The Morgan fingerprint density at radius 3 is 0.821 bits per heavy atom. The van der Waals surface area contributed by atoms with E-state index in [-0.39, 0.29) is 0 Å². The fraction of sp³-hybridized carbons (Fsp3) is 0.375. The molecule has 6 N–H and O–H groups in total. The van der Waals surface area contributed by atoms with Gasteiger partial charge in [-0.25, -0.2) is 35.1 Å². The summed E-state index contributed by atoms with van der Waals surface area (Å²) in [6.45, 7) is 5.30. The number of thiocarbonyl (C=S) groups is 2. The Balaban J connectivity index is 0.000000758. The predicted octanol–water partition coefficient (Wildman–Crippen LogP) is 7.33. The van der Waals surface area contributed by atoms with Crippen LogP contribution in [0.3, 0.4) is 0 Å². The van der Waals surface area contributed by atoms with Gasteiger partial charge in [0.05, 0.1) is 67.1 Å². The van der Waals surface area contributed by atoms with Crippen molar-refractivity contribution in [1.29, 1.82) is 0 Å². The average Bonchev–Trinajstić information content (AvgIpc) is 3.20. The van der Waals surface area contributed by atoms with Crippen LogP contribution in [0, 0.1) is 60.8 Å². The lowest BCUT2D eigenvalue weighted by Gasteiger charge is -2.13. The van der Waals surface area contributed by atoms with Gasteiger partial charge in [-0.2, -0.15) is 0 Å². The normalized spacial score (nSPS) is 13.5. The van der Waals surface area contributed by atoms with Crippen LogP contribution in [0.2, 0.25) is 0 Å². The quantitative estimate of drug-likeness (QED) is 0.0592. The summed E-state index contributed by atoms with van der Waals surface area (Å²) in [5.74, 6) is -9.36. The molecule has 24 heteroatoms. The third kappa shape index (κ3) is 21.7. The molecule has 4 rings (SSSR count). The number of ether oxygens (including phenoxy) is 6. The molecule has 0 spiro atoms. The van der Waals surface area contributed by atoms with Gasteiger partial charge in [-0.3, -0.25) is 0 Å². The molecule has 10 nitrogen and oxygen atoms in total. The van der Waals surface area contributed by atoms with Crippen molar-refractivity contribution in [2.75, 3.05) is 80.2 Å². The van der Waals surface area contributed by atoms with E-state index in [1.54, 1.807) is 14.1 Å². The smallest absolute Gasteiger partial charge is 0.176 e. The Kier molecular flexibility index (Phi) is 31.1. The van der Waals surface area contributed by atoms with Crippen LogP contribution in [-0.2, 0) is 18.9 Å². The minimum absolute atomic E-state index is 0.338. The SMILES string of the molecule is CNC(N)=S.CNC(N)=S.Fc1c(F)c(I)c(F)c(F)c1I.Fc1c(F)c(I)c(F)c(F)c1I.c1ccc2c(c1)OCCOCCOCCOCCOCCO2. The first-order valence-corrected chi connectivity index (χ1v) is 20.5. The summed E-state index contributed by atoms with van der Waals surface area (Å²) in [6.07, 6.45) is 0. The molecule has 1 aliphatic rings. The summed E-state index contributed by atoms with van der Waals surface area (Å²) in [6, 6.07) is 7.59. The maximum atomic E-state index is 12.6. The van der Waals surface area contributed by atoms with Crippen molar-refractivity contribution in [3.8, 4) is 11.5 Å². The highest BCUT2D eigenvalue weighted by molar-refractivity contribution is 14.1. The van der Waals surface area contributed by atoms with Crippen molar-refractivity contribution in [3.63, 3.8) is 0 Å². The van der Waals surface area contributed by atoms with E-state index in [9.17, 15) is 35.1 Å². The van der Waals surface area contributed by atoms with E-state index in [1.165, 1.54) is 90.4 Å². The lowest BCUT2D eigenvalue weighted by molar-refractivity contribution is -0.00841. The topological polar surface area (TPSA) is 131 Å². The van der Waals surface area contributed by atoms with Crippen molar-refractivity contribution in [1.82, 2.24) is 10.6 Å². The van der Waals surface area contributed by atoms with Crippen LogP contribution in [0.15, 0.2) is 24.3 Å². The lowest BCUT2D eigenvalue weighted by atomic mass is 10.3. The first-order valence-electron chi connectivity index (χ1n) is 15.4. The molecule has 0 unspecified atom stereocenters. The van der Waals surface area contributed by atoms with E-state index in [4.69, 9.17) is 39.9 Å². The second-order valence-electron chi connectivity index (χ2n) is 9.59. The molecule has 0 atom stereocenters. The molecule has 3 aromatic carbocycles. The Hall–Kier alpha value is -1.16. The van der Waals surface area contributed by atoms with Gasteiger partial charge >= 0.3 is 0 Å². The van der Waals surface area contributed by atoms with Crippen molar-refractivity contribution < 1.29 is 63.5 Å². The summed E-state index contributed by atoms with van der Waals surface area (Å²) in [4.78, 5) is 0. The highest BCUT2D eigenvalue weighted by Crippen LogP contribution is 2.28. The summed E-state index contributed by atoms with van der Waals surface area (Å²) in [5, 5.41) is 5.75. The van der Waals surface area contributed by atoms with E-state index >= 15 is 0 Å². The molecule has 0 radical (unpaired) electrons. The van der Waals surface area contributed by atoms with E-state index < -0.39 is 60.8 Å². The van der Waals surface area contributed by atoms with Crippen LogP contribution < -0.4 is 31.6 Å². The highest BCUT2D eigenvalue weighted by atomic mass is 127. The molecule has 316 valence electrons. The molecule has 0 fully saturated rings. The number of para-hydroxylation sites is 2. The zero-order valence-electron chi connectivity index (χ0n) is 29.3. The molecule has 1 heterocycles. The van der Waals surface area contributed by atoms with Crippen LogP contribution in [-0.4, -0.2) is 90.4 Å². The average molecular weight is 1300 g/mol. The maximum absolute atomic E-state index is 12.6.